The van der Waals surface area contributed by atoms with E-state index in [1.807, 2.05) is 0 Å². The summed E-state index contributed by atoms with van der Waals surface area (Å²) in [5.41, 5.74) is 0.500. The Morgan fingerprint density at radius 1 is 1.12 bits per heavy atom. The lowest BCUT2D eigenvalue weighted by molar-refractivity contribution is -0.155. The summed E-state index contributed by atoms with van der Waals surface area (Å²) in [6, 6.07) is 12.6. The molecule has 0 heterocycles. The zero-order valence-electron chi connectivity index (χ0n) is 12.7. The van der Waals surface area contributed by atoms with Gasteiger partial charge in [-0.3, -0.25) is 0 Å². The zero-order chi connectivity index (χ0) is 18.4. The minimum absolute atomic E-state index is 0.0506. The van der Waals surface area contributed by atoms with Crippen molar-refractivity contribution in [1.82, 2.24) is 0 Å². The van der Waals surface area contributed by atoms with Gasteiger partial charge >= 0.3 is 18.3 Å². The van der Waals surface area contributed by atoms with Gasteiger partial charge < -0.3 is 9.47 Å². The zero-order valence-corrected chi connectivity index (χ0v) is 13.5. The SMILES string of the molecule is O=C(OCC(F)(F)C(F)F)c1cccc(COc2ccccc2Cl)c1. The molecule has 0 radical (unpaired) electrons. The number of alkyl halides is 4. The Hall–Kier alpha value is -2.28. The lowest BCUT2D eigenvalue weighted by Gasteiger charge is -2.15. The predicted molar refractivity (Wildman–Crippen MR) is 83.5 cm³/mol. The number of benzene rings is 2. The molecule has 0 atom stereocenters. The van der Waals surface area contributed by atoms with Crippen LogP contribution in [0.5, 0.6) is 5.75 Å². The predicted octanol–water partition coefficient (Wildman–Crippen LogP) is 4.98. The van der Waals surface area contributed by atoms with Crippen LogP contribution in [-0.4, -0.2) is 24.9 Å². The lowest BCUT2D eigenvalue weighted by atomic mass is 10.1. The van der Waals surface area contributed by atoms with Crippen molar-refractivity contribution in [2.45, 2.75) is 19.0 Å². The quantitative estimate of drug-likeness (QED) is 0.505. The summed E-state index contributed by atoms with van der Waals surface area (Å²) < 4.78 is 59.4. The Kier molecular flexibility index (Phi) is 6.25. The molecule has 0 aromatic heterocycles. The molecule has 134 valence electrons. The maximum atomic E-state index is 12.8. The van der Waals surface area contributed by atoms with Crippen molar-refractivity contribution >= 4 is 17.6 Å². The van der Waals surface area contributed by atoms with Gasteiger partial charge in [-0.1, -0.05) is 35.9 Å². The van der Waals surface area contributed by atoms with Gasteiger partial charge in [0.25, 0.3) is 0 Å². The molecule has 25 heavy (non-hydrogen) atoms. The molecule has 0 saturated heterocycles. The van der Waals surface area contributed by atoms with E-state index in [4.69, 9.17) is 16.3 Å². The molecule has 0 aliphatic rings. The van der Waals surface area contributed by atoms with Crippen LogP contribution in [0.25, 0.3) is 0 Å². The van der Waals surface area contributed by atoms with E-state index in [1.165, 1.54) is 18.2 Å². The number of ether oxygens (including phenoxy) is 2. The van der Waals surface area contributed by atoms with Crippen LogP contribution < -0.4 is 4.74 Å². The van der Waals surface area contributed by atoms with E-state index in [2.05, 4.69) is 4.74 Å². The van der Waals surface area contributed by atoms with E-state index in [0.717, 1.165) is 0 Å². The molecule has 8 heteroatoms. The van der Waals surface area contributed by atoms with Crippen LogP contribution in [-0.2, 0) is 11.3 Å². The summed E-state index contributed by atoms with van der Waals surface area (Å²) in [5.74, 6) is -5.07. The van der Waals surface area contributed by atoms with E-state index in [9.17, 15) is 22.4 Å². The average Bonchev–Trinajstić information content (AvgIpc) is 2.59. The minimum atomic E-state index is -4.39. The number of carbonyl (C=O) groups excluding carboxylic acids is 1. The first kappa shape index (κ1) is 19.1. The highest BCUT2D eigenvalue weighted by atomic mass is 35.5. The number of carbonyl (C=O) groups is 1. The van der Waals surface area contributed by atoms with Crippen molar-refractivity contribution < 1.29 is 31.8 Å². The van der Waals surface area contributed by atoms with Crippen LogP contribution in [0, 0.1) is 0 Å². The Bertz CT molecular complexity index is 737. The fraction of sp³-hybridized carbons (Fsp3) is 0.235. The molecule has 2 aromatic rings. The molecule has 2 aromatic carbocycles. The normalized spacial score (nSPS) is 11.4. The maximum Gasteiger partial charge on any atom is 0.340 e. The number of rotatable bonds is 7. The first-order valence-corrected chi connectivity index (χ1v) is 7.47. The molecule has 0 unspecified atom stereocenters. The van der Waals surface area contributed by atoms with Crippen LogP contribution in [0.4, 0.5) is 17.6 Å². The standard InChI is InChI=1S/C17H13ClF4O3/c18-13-6-1-2-7-14(13)24-9-11-4-3-5-12(8-11)15(23)25-10-17(21,22)16(19)20/h1-8,16H,9-10H2. The van der Waals surface area contributed by atoms with E-state index in [-0.39, 0.29) is 12.2 Å². The van der Waals surface area contributed by atoms with Gasteiger partial charge in [-0.05, 0) is 29.8 Å². The van der Waals surface area contributed by atoms with Crippen molar-refractivity contribution in [1.29, 1.82) is 0 Å². The van der Waals surface area contributed by atoms with Crippen molar-refractivity contribution in [3.05, 3.63) is 64.7 Å². The second-order valence-electron chi connectivity index (χ2n) is 5.06. The molecule has 3 nitrogen and oxygen atoms in total. The highest BCUT2D eigenvalue weighted by molar-refractivity contribution is 6.32. The van der Waals surface area contributed by atoms with Gasteiger partial charge in [0.1, 0.15) is 12.4 Å². The summed E-state index contributed by atoms with van der Waals surface area (Å²) in [6.45, 7) is -1.62. The summed E-state index contributed by atoms with van der Waals surface area (Å²) in [4.78, 5) is 11.7. The molecular formula is C17H13ClF4O3. The molecule has 0 fully saturated rings. The lowest BCUT2D eigenvalue weighted by Crippen LogP contribution is -2.33. The minimum Gasteiger partial charge on any atom is -0.487 e. The number of hydrogen-bond donors (Lipinski definition) is 0. The highest BCUT2D eigenvalue weighted by Crippen LogP contribution is 2.25. The van der Waals surface area contributed by atoms with E-state index < -0.39 is 24.9 Å². The monoisotopic (exact) mass is 376 g/mol. The molecule has 0 spiro atoms. The number of esters is 1. The van der Waals surface area contributed by atoms with Gasteiger partial charge in [0, 0.05) is 0 Å². The summed E-state index contributed by atoms with van der Waals surface area (Å²) in [6.07, 6.45) is -3.91. The largest absolute Gasteiger partial charge is 0.487 e. The number of para-hydroxylation sites is 1. The molecule has 0 aliphatic heterocycles. The third-order valence-electron chi connectivity index (χ3n) is 3.11. The Morgan fingerprint density at radius 2 is 1.84 bits per heavy atom. The summed E-state index contributed by atoms with van der Waals surface area (Å²) in [7, 11) is 0. The van der Waals surface area contributed by atoms with Crippen LogP contribution in [0.1, 0.15) is 15.9 Å². The molecule has 2 rings (SSSR count). The third-order valence-corrected chi connectivity index (χ3v) is 3.42. The van der Waals surface area contributed by atoms with E-state index in [0.29, 0.717) is 16.3 Å². The van der Waals surface area contributed by atoms with Crippen LogP contribution in [0.3, 0.4) is 0 Å². The molecular weight excluding hydrogens is 364 g/mol. The van der Waals surface area contributed by atoms with Gasteiger partial charge in [-0.25, -0.2) is 13.6 Å². The summed E-state index contributed by atoms with van der Waals surface area (Å²) >= 11 is 5.95. The van der Waals surface area contributed by atoms with Gasteiger partial charge in [0.2, 0.25) is 0 Å². The smallest absolute Gasteiger partial charge is 0.340 e. The van der Waals surface area contributed by atoms with E-state index >= 15 is 0 Å². The van der Waals surface area contributed by atoms with Crippen LogP contribution in [0.15, 0.2) is 48.5 Å². The Labute approximate surface area is 146 Å². The van der Waals surface area contributed by atoms with Crippen molar-refractivity contribution in [3.8, 4) is 5.75 Å². The van der Waals surface area contributed by atoms with Gasteiger partial charge in [-0.2, -0.15) is 8.78 Å². The Morgan fingerprint density at radius 3 is 2.52 bits per heavy atom. The maximum absolute atomic E-state index is 12.8. The molecule has 0 amide bonds. The molecule has 0 saturated carbocycles. The fourth-order valence-corrected chi connectivity index (χ4v) is 2.01. The van der Waals surface area contributed by atoms with Gasteiger partial charge in [-0.15, -0.1) is 0 Å². The molecule has 0 aliphatic carbocycles. The first-order chi connectivity index (χ1) is 11.8. The average molecular weight is 377 g/mol. The number of hydrogen-bond acceptors (Lipinski definition) is 3. The van der Waals surface area contributed by atoms with Crippen molar-refractivity contribution in [3.63, 3.8) is 0 Å². The summed E-state index contributed by atoms with van der Waals surface area (Å²) in [5, 5.41) is 0.410. The highest BCUT2D eigenvalue weighted by Gasteiger charge is 2.42. The third kappa shape index (κ3) is 5.35. The Balaban J connectivity index is 1.98. The molecule has 0 N–H and O–H groups in total. The fourth-order valence-electron chi connectivity index (χ4n) is 1.82. The van der Waals surface area contributed by atoms with Crippen LogP contribution >= 0.6 is 11.6 Å². The van der Waals surface area contributed by atoms with Crippen LogP contribution in [0.2, 0.25) is 5.02 Å². The van der Waals surface area contributed by atoms with Gasteiger partial charge in [0.05, 0.1) is 10.6 Å². The second kappa shape index (κ2) is 8.20. The van der Waals surface area contributed by atoms with E-state index in [1.54, 1.807) is 30.3 Å². The second-order valence-corrected chi connectivity index (χ2v) is 5.46. The molecule has 0 bridgehead atoms. The number of halogens is 5. The van der Waals surface area contributed by atoms with Gasteiger partial charge in [0.15, 0.2) is 6.61 Å². The van der Waals surface area contributed by atoms with Crippen molar-refractivity contribution in [2.75, 3.05) is 6.61 Å². The topological polar surface area (TPSA) is 35.5 Å². The van der Waals surface area contributed by atoms with Crippen molar-refractivity contribution in [2.24, 2.45) is 0 Å². The first-order valence-electron chi connectivity index (χ1n) is 7.09.